The zero-order valence-electron chi connectivity index (χ0n) is 8.27. The Morgan fingerprint density at radius 3 is 2.55 bits per heavy atom. The number of hydrogen-bond donors (Lipinski definition) is 0. The summed E-state index contributed by atoms with van der Waals surface area (Å²) < 4.78 is 0. The first-order valence-corrected chi connectivity index (χ1v) is 4.92. The summed E-state index contributed by atoms with van der Waals surface area (Å²) in [5, 5.41) is 0. The van der Waals surface area contributed by atoms with Crippen molar-refractivity contribution in [1.29, 1.82) is 0 Å². The van der Waals surface area contributed by atoms with E-state index in [9.17, 15) is 0 Å². The molecule has 0 saturated heterocycles. The predicted octanol–water partition coefficient (Wildman–Crippen LogP) is 4.17. The second-order valence-corrected chi connectivity index (χ2v) is 3.41. The van der Waals surface area contributed by atoms with Crippen LogP contribution in [0.15, 0.2) is 12.2 Å². The van der Waals surface area contributed by atoms with Gasteiger partial charge in [-0.25, -0.2) is 0 Å². The Bertz CT molecular complexity index is 92.2. The lowest BCUT2D eigenvalue weighted by Gasteiger charge is -2.06. The van der Waals surface area contributed by atoms with E-state index < -0.39 is 0 Å². The maximum atomic E-state index is 2.34. The summed E-state index contributed by atoms with van der Waals surface area (Å²) in [6.45, 7) is 6.70. The van der Waals surface area contributed by atoms with Crippen molar-refractivity contribution in [2.45, 2.75) is 52.9 Å². The average molecular weight is 154 g/mol. The molecule has 0 radical (unpaired) electrons. The van der Waals surface area contributed by atoms with Crippen molar-refractivity contribution in [1.82, 2.24) is 0 Å². The van der Waals surface area contributed by atoms with Gasteiger partial charge in [0.25, 0.3) is 0 Å². The lowest BCUT2D eigenvalue weighted by molar-refractivity contribution is 0.500. The minimum Gasteiger partial charge on any atom is -0.0917 e. The van der Waals surface area contributed by atoms with Crippen molar-refractivity contribution in [3.05, 3.63) is 12.2 Å². The molecule has 0 aliphatic carbocycles. The van der Waals surface area contributed by atoms with Crippen molar-refractivity contribution in [2.24, 2.45) is 5.92 Å². The summed E-state index contributed by atoms with van der Waals surface area (Å²) in [5.74, 6) is 0.887. The average Bonchev–Trinajstić information content (AvgIpc) is 2.01. The molecule has 1 atom stereocenters. The number of unbranched alkanes of at least 4 members (excludes halogenated alkanes) is 2. The molecule has 1 unspecified atom stereocenters. The minimum absolute atomic E-state index is 0.887. The maximum Gasteiger partial charge on any atom is -0.0325 e. The molecule has 0 nitrogen and oxygen atoms in total. The molecular formula is C11H22. The SMILES string of the molecule is C/C=C\CC(C)CCCCC. The molecule has 0 spiro atoms. The third-order valence-electron chi connectivity index (χ3n) is 2.07. The van der Waals surface area contributed by atoms with Crippen molar-refractivity contribution in [3.8, 4) is 0 Å². The first kappa shape index (κ1) is 10.7. The predicted molar refractivity (Wildman–Crippen MR) is 52.7 cm³/mol. The van der Waals surface area contributed by atoms with Crippen LogP contribution in [-0.2, 0) is 0 Å². The quantitative estimate of drug-likeness (QED) is 0.398. The molecule has 0 rings (SSSR count). The van der Waals surface area contributed by atoms with Crippen LogP contribution in [0.3, 0.4) is 0 Å². The molecule has 0 aromatic carbocycles. The van der Waals surface area contributed by atoms with Gasteiger partial charge in [0.15, 0.2) is 0 Å². The third-order valence-corrected chi connectivity index (χ3v) is 2.07. The zero-order valence-corrected chi connectivity index (χ0v) is 8.27. The Hall–Kier alpha value is -0.260. The van der Waals surface area contributed by atoms with Crippen LogP contribution in [0.2, 0.25) is 0 Å². The highest BCUT2D eigenvalue weighted by molar-refractivity contribution is 4.78. The molecule has 0 aliphatic heterocycles. The lowest BCUT2D eigenvalue weighted by atomic mass is 10.00. The van der Waals surface area contributed by atoms with Gasteiger partial charge in [-0.2, -0.15) is 0 Å². The van der Waals surface area contributed by atoms with E-state index in [-0.39, 0.29) is 0 Å². The van der Waals surface area contributed by atoms with E-state index in [1.165, 1.54) is 32.1 Å². The smallest absolute Gasteiger partial charge is 0.0325 e. The number of hydrogen-bond acceptors (Lipinski definition) is 0. The monoisotopic (exact) mass is 154 g/mol. The fraction of sp³-hybridized carbons (Fsp3) is 0.818. The molecule has 0 aromatic heterocycles. The summed E-state index contributed by atoms with van der Waals surface area (Å²) >= 11 is 0. The van der Waals surface area contributed by atoms with Gasteiger partial charge in [-0.1, -0.05) is 51.7 Å². The molecule has 11 heavy (non-hydrogen) atoms. The summed E-state index contributed by atoms with van der Waals surface area (Å²) in [6.07, 6.45) is 11.2. The maximum absolute atomic E-state index is 2.34. The van der Waals surface area contributed by atoms with Gasteiger partial charge in [-0.15, -0.1) is 0 Å². The first-order chi connectivity index (χ1) is 5.31. The lowest BCUT2D eigenvalue weighted by Crippen LogP contribution is -1.91. The molecule has 0 heteroatoms. The summed E-state index contributed by atoms with van der Waals surface area (Å²) in [7, 11) is 0. The molecule has 66 valence electrons. The van der Waals surface area contributed by atoms with Gasteiger partial charge in [-0.3, -0.25) is 0 Å². The van der Waals surface area contributed by atoms with Crippen molar-refractivity contribution >= 4 is 0 Å². The van der Waals surface area contributed by atoms with Crippen LogP contribution < -0.4 is 0 Å². The molecule has 0 N–H and O–H groups in total. The van der Waals surface area contributed by atoms with E-state index in [0.29, 0.717) is 0 Å². The first-order valence-electron chi connectivity index (χ1n) is 4.92. The third kappa shape index (κ3) is 7.64. The van der Waals surface area contributed by atoms with Crippen molar-refractivity contribution < 1.29 is 0 Å². The molecule has 0 fully saturated rings. The molecule has 0 aromatic rings. The van der Waals surface area contributed by atoms with Gasteiger partial charge < -0.3 is 0 Å². The zero-order chi connectivity index (χ0) is 8.53. The molecule has 0 heterocycles. The largest absolute Gasteiger partial charge is 0.0917 e. The fourth-order valence-electron chi connectivity index (χ4n) is 1.23. The van der Waals surface area contributed by atoms with E-state index in [0.717, 1.165) is 5.92 Å². The van der Waals surface area contributed by atoms with Crippen LogP contribution in [-0.4, -0.2) is 0 Å². The van der Waals surface area contributed by atoms with Gasteiger partial charge in [-0.05, 0) is 19.3 Å². The van der Waals surface area contributed by atoms with E-state index in [2.05, 4.69) is 32.9 Å². The second kappa shape index (κ2) is 7.84. The standard InChI is InChI=1S/C11H22/c1-4-6-8-10-11(3)9-7-5-2/h5,7,11H,4,6,8-10H2,1-3H3/b7-5-. The number of rotatable bonds is 6. The van der Waals surface area contributed by atoms with E-state index in [4.69, 9.17) is 0 Å². The highest BCUT2D eigenvalue weighted by Crippen LogP contribution is 2.12. The van der Waals surface area contributed by atoms with Crippen LogP contribution in [0.1, 0.15) is 52.9 Å². The summed E-state index contributed by atoms with van der Waals surface area (Å²) in [6, 6.07) is 0. The Labute approximate surface area is 71.7 Å². The van der Waals surface area contributed by atoms with Crippen LogP contribution in [0.25, 0.3) is 0 Å². The van der Waals surface area contributed by atoms with E-state index in [1.54, 1.807) is 0 Å². The molecule has 0 saturated carbocycles. The van der Waals surface area contributed by atoms with Crippen LogP contribution in [0.4, 0.5) is 0 Å². The van der Waals surface area contributed by atoms with Gasteiger partial charge >= 0.3 is 0 Å². The Morgan fingerprint density at radius 2 is 2.00 bits per heavy atom. The Morgan fingerprint density at radius 1 is 1.27 bits per heavy atom. The summed E-state index contributed by atoms with van der Waals surface area (Å²) in [4.78, 5) is 0. The topological polar surface area (TPSA) is 0 Å². The highest BCUT2D eigenvalue weighted by Gasteiger charge is 1.97. The highest BCUT2D eigenvalue weighted by atomic mass is 14.0. The minimum atomic E-state index is 0.887. The van der Waals surface area contributed by atoms with Gasteiger partial charge in [0.2, 0.25) is 0 Å². The molecule has 0 bridgehead atoms. The fourth-order valence-corrected chi connectivity index (χ4v) is 1.23. The van der Waals surface area contributed by atoms with Gasteiger partial charge in [0, 0.05) is 0 Å². The molecule has 0 amide bonds. The van der Waals surface area contributed by atoms with Crippen LogP contribution >= 0.6 is 0 Å². The van der Waals surface area contributed by atoms with Crippen LogP contribution in [0, 0.1) is 5.92 Å². The normalized spacial score (nSPS) is 14.1. The Kier molecular flexibility index (Phi) is 7.66. The molecular weight excluding hydrogens is 132 g/mol. The Balaban J connectivity index is 3.15. The van der Waals surface area contributed by atoms with Gasteiger partial charge in [0.1, 0.15) is 0 Å². The summed E-state index contributed by atoms with van der Waals surface area (Å²) in [5.41, 5.74) is 0. The second-order valence-electron chi connectivity index (χ2n) is 3.41. The van der Waals surface area contributed by atoms with Crippen molar-refractivity contribution in [3.63, 3.8) is 0 Å². The van der Waals surface area contributed by atoms with E-state index >= 15 is 0 Å². The van der Waals surface area contributed by atoms with E-state index in [1.807, 2.05) is 0 Å². The van der Waals surface area contributed by atoms with Crippen LogP contribution in [0.5, 0.6) is 0 Å². The molecule has 0 aliphatic rings. The van der Waals surface area contributed by atoms with Gasteiger partial charge in [0.05, 0.1) is 0 Å². The van der Waals surface area contributed by atoms with Crippen molar-refractivity contribution in [2.75, 3.05) is 0 Å². The number of allylic oxidation sites excluding steroid dienone is 2.